The van der Waals surface area contributed by atoms with Crippen LogP contribution < -0.4 is 17.0 Å². The number of nitrogens with two attached hydrogens (primary N) is 2. The molecule has 0 spiro atoms. The third-order valence-corrected chi connectivity index (χ3v) is 0.868. The first-order valence-corrected chi connectivity index (χ1v) is 3.01. The second-order valence-corrected chi connectivity index (χ2v) is 1.70. The average molecular weight is 153 g/mol. The zero-order valence-corrected chi connectivity index (χ0v) is 6.03. The van der Waals surface area contributed by atoms with Gasteiger partial charge in [-0.3, -0.25) is 10.2 Å². The van der Waals surface area contributed by atoms with Gasteiger partial charge in [-0.25, -0.2) is 5.84 Å². The minimum absolute atomic E-state index is 0.403. The number of hydrogen-bond acceptors (Lipinski definition) is 3. The van der Waals surface area contributed by atoms with Crippen LogP contribution >= 0.6 is 0 Å². The molecule has 0 atom stereocenters. The van der Waals surface area contributed by atoms with Gasteiger partial charge in [0.15, 0.2) is 0 Å². The number of rotatable bonds is 1. The Morgan fingerprint density at radius 2 is 1.73 bits per heavy atom. The number of benzene rings is 1. The Labute approximate surface area is 65.2 Å². The maximum Gasteiger partial charge on any atom is 0.221 e. The van der Waals surface area contributed by atoms with E-state index in [0.717, 1.165) is 5.69 Å². The van der Waals surface area contributed by atoms with Crippen molar-refractivity contribution in [2.45, 2.75) is 0 Å². The molecule has 0 aliphatic carbocycles. The van der Waals surface area contributed by atoms with Crippen LogP contribution in [0, 0.1) is 0 Å². The van der Waals surface area contributed by atoms with E-state index < -0.39 is 0 Å². The molecule has 0 heterocycles. The summed E-state index contributed by atoms with van der Waals surface area (Å²) in [7, 11) is 0. The summed E-state index contributed by atoms with van der Waals surface area (Å²) in [6, 6.07) is 9.49. The van der Waals surface area contributed by atoms with Gasteiger partial charge in [-0.15, -0.1) is 0 Å². The standard InChI is InChI=1S/C6H7N.CH4N2O/c7-6-4-2-1-3-5-6;2-3-1-4/h1-5H,7H2;1H,2H2,(H,3,4). The van der Waals surface area contributed by atoms with E-state index >= 15 is 0 Å². The summed E-state index contributed by atoms with van der Waals surface area (Å²) in [4.78, 5) is 8.94. The van der Waals surface area contributed by atoms with E-state index in [2.05, 4.69) is 5.84 Å². The number of nitrogen functional groups attached to an aromatic ring is 1. The molecular weight excluding hydrogens is 142 g/mol. The topological polar surface area (TPSA) is 81.1 Å². The maximum atomic E-state index is 8.94. The highest BCUT2D eigenvalue weighted by Gasteiger charge is 1.72. The third-order valence-electron chi connectivity index (χ3n) is 0.868. The molecule has 0 aliphatic heterocycles. The fourth-order valence-electron chi connectivity index (χ4n) is 0.453. The smallest absolute Gasteiger partial charge is 0.221 e. The number of nitrogens with one attached hydrogen (secondary N) is 1. The lowest BCUT2D eigenvalue weighted by Gasteiger charge is -1.83. The largest absolute Gasteiger partial charge is 0.399 e. The fraction of sp³-hybridized carbons (Fsp3) is 0. The molecule has 11 heavy (non-hydrogen) atoms. The predicted octanol–water partition coefficient (Wildman–Crippen LogP) is -0.125. The molecule has 1 rings (SSSR count). The first kappa shape index (κ1) is 9.45. The van der Waals surface area contributed by atoms with E-state index in [9.17, 15) is 0 Å². The molecule has 1 aromatic carbocycles. The summed E-state index contributed by atoms with van der Waals surface area (Å²) in [5.41, 5.74) is 7.93. The first-order chi connectivity index (χ1) is 5.31. The van der Waals surface area contributed by atoms with Crippen molar-refractivity contribution < 1.29 is 4.79 Å². The van der Waals surface area contributed by atoms with Crippen LogP contribution in [0.3, 0.4) is 0 Å². The monoisotopic (exact) mass is 153 g/mol. The molecule has 0 radical (unpaired) electrons. The van der Waals surface area contributed by atoms with Gasteiger partial charge in [0.1, 0.15) is 0 Å². The van der Waals surface area contributed by atoms with E-state index in [0.29, 0.717) is 6.41 Å². The first-order valence-electron chi connectivity index (χ1n) is 3.01. The Kier molecular flexibility index (Phi) is 5.64. The second kappa shape index (κ2) is 6.57. The molecule has 1 aromatic rings. The summed E-state index contributed by atoms with van der Waals surface area (Å²) in [5.74, 6) is 4.41. The number of carbonyl (C=O) groups is 1. The molecule has 0 saturated carbocycles. The van der Waals surface area contributed by atoms with Crippen molar-refractivity contribution in [3.05, 3.63) is 30.3 Å². The van der Waals surface area contributed by atoms with Gasteiger partial charge in [0.05, 0.1) is 0 Å². The Balaban J connectivity index is 0.000000218. The lowest BCUT2D eigenvalue weighted by Crippen LogP contribution is -2.18. The Bertz CT molecular complexity index is 188. The molecule has 0 aromatic heterocycles. The summed E-state index contributed by atoms with van der Waals surface area (Å²) in [5, 5.41) is 0. The summed E-state index contributed by atoms with van der Waals surface area (Å²) in [6.45, 7) is 0. The molecule has 0 aliphatic rings. The average Bonchev–Trinajstić information content (AvgIpc) is 2.07. The van der Waals surface area contributed by atoms with E-state index in [1.54, 1.807) is 5.43 Å². The van der Waals surface area contributed by atoms with Crippen molar-refractivity contribution in [1.29, 1.82) is 0 Å². The Morgan fingerprint density at radius 1 is 1.27 bits per heavy atom. The zero-order chi connectivity index (χ0) is 8.53. The zero-order valence-electron chi connectivity index (χ0n) is 6.03. The van der Waals surface area contributed by atoms with Crippen LogP contribution in [0.25, 0.3) is 0 Å². The number of para-hydroxylation sites is 1. The Morgan fingerprint density at radius 3 is 1.91 bits per heavy atom. The highest BCUT2D eigenvalue weighted by molar-refractivity contribution is 5.44. The highest BCUT2D eigenvalue weighted by atomic mass is 16.1. The SMILES string of the molecule is NNC=O.Nc1ccccc1. The van der Waals surface area contributed by atoms with E-state index in [-0.39, 0.29) is 0 Å². The Hall–Kier alpha value is -1.55. The summed E-state index contributed by atoms with van der Waals surface area (Å²) < 4.78 is 0. The van der Waals surface area contributed by atoms with E-state index in [1.807, 2.05) is 30.3 Å². The van der Waals surface area contributed by atoms with E-state index in [1.165, 1.54) is 0 Å². The van der Waals surface area contributed by atoms with Crippen molar-refractivity contribution in [1.82, 2.24) is 5.43 Å². The minimum atomic E-state index is 0.403. The van der Waals surface area contributed by atoms with Crippen molar-refractivity contribution in [2.24, 2.45) is 5.84 Å². The van der Waals surface area contributed by atoms with Gasteiger partial charge in [-0.2, -0.15) is 0 Å². The number of amides is 1. The van der Waals surface area contributed by atoms with Crippen LogP contribution in [0.4, 0.5) is 5.69 Å². The van der Waals surface area contributed by atoms with Crippen LogP contribution in [-0.4, -0.2) is 6.41 Å². The second-order valence-electron chi connectivity index (χ2n) is 1.70. The van der Waals surface area contributed by atoms with Gasteiger partial charge >= 0.3 is 0 Å². The van der Waals surface area contributed by atoms with Crippen LogP contribution in [-0.2, 0) is 4.79 Å². The van der Waals surface area contributed by atoms with Crippen LogP contribution in [0.1, 0.15) is 0 Å². The number of anilines is 1. The van der Waals surface area contributed by atoms with Gasteiger partial charge < -0.3 is 5.73 Å². The molecule has 5 N–H and O–H groups in total. The number of hydrazine groups is 1. The summed E-state index contributed by atoms with van der Waals surface area (Å²) in [6.07, 6.45) is 0.403. The van der Waals surface area contributed by atoms with Crippen LogP contribution in [0.2, 0.25) is 0 Å². The van der Waals surface area contributed by atoms with Crippen molar-refractivity contribution in [3.63, 3.8) is 0 Å². The van der Waals surface area contributed by atoms with Gasteiger partial charge in [0, 0.05) is 5.69 Å². The predicted molar refractivity (Wildman–Crippen MR) is 44.2 cm³/mol. The molecule has 4 nitrogen and oxygen atoms in total. The molecule has 0 fully saturated rings. The molecule has 0 saturated heterocycles. The number of hydrogen-bond donors (Lipinski definition) is 3. The van der Waals surface area contributed by atoms with Crippen LogP contribution in [0.5, 0.6) is 0 Å². The van der Waals surface area contributed by atoms with Crippen molar-refractivity contribution in [3.8, 4) is 0 Å². The van der Waals surface area contributed by atoms with Gasteiger partial charge in [-0.05, 0) is 12.1 Å². The van der Waals surface area contributed by atoms with Gasteiger partial charge in [0.2, 0.25) is 6.41 Å². The molecule has 0 bridgehead atoms. The van der Waals surface area contributed by atoms with E-state index in [4.69, 9.17) is 10.5 Å². The quantitative estimate of drug-likeness (QED) is 0.173. The maximum absolute atomic E-state index is 8.94. The molecule has 0 unspecified atom stereocenters. The highest BCUT2D eigenvalue weighted by Crippen LogP contribution is 1.95. The summed E-state index contributed by atoms with van der Waals surface area (Å²) >= 11 is 0. The molecule has 1 amide bonds. The fourth-order valence-corrected chi connectivity index (χ4v) is 0.453. The molecule has 4 heteroatoms. The van der Waals surface area contributed by atoms with Gasteiger partial charge in [-0.1, -0.05) is 18.2 Å². The minimum Gasteiger partial charge on any atom is -0.399 e. The lowest BCUT2D eigenvalue weighted by atomic mass is 10.3. The lowest BCUT2D eigenvalue weighted by molar-refractivity contribution is -0.109. The van der Waals surface area contributed by atoms with Crippen molar-refractivity contribution >= 4 is 12.1 Å². The van der Waals surface area contributed by atoms with Crippen LogP contribution in [0.15, 0.2) is 30.3 Å². The molecule has 60 valence electrons. The van der Waals surface area contributed by atoms with Crippen molar-refractivity contribution in [2.75, 3.05) is 5.73 Å². The molecular formula is C7H11N3O. The number of carbonyl (C=O) groups excluding carboxylic acids is 1. The van der Waals surface area contributed by atoms with Gasteiger partial charge in [0.25, 0.3) is 0 Å². The normalized spacial score (nSPS) is 7.36. The third kappa shape index (κ3) is 6.33.